The topological polar surface area (TPSA) is 67.4 Å². The quantitative estimate of drug-likeness (QED) is 0.624. The van der Waals surface area contributed by atoms with Crippen molar-refractivity contribution in [3.8, 4) is 0 Å². The van der Waals surface area contributed by atoms with Crippen LogP contribution in [-0.2, 0) is 9.53 Å². The predicted octanol–water partition coefficient (Wildman–Crippen LogP) is 4.12. The number of rotatable bonds is 5. The van der Waals surface area contributed by atoms with E-state index >= 15 is 0 Å². The lowest BCUT2D eigenvalue weighted by molar-refractivity contribution is -0.113. The maximum Gasteiger partial charge on any atom is 0.234 e. The van der Waals surface area contributed by atoms with Crippen LogP contribution in [0.25, 0.3) is 11.0 Å². The fraction of sp³-hybridized carbons (Fsp3) is 0.348. The lowest BCUT2D eigenvalue weighted by atomic mass is 10.1. The Kier molecular flexibility index (Phi) is 6.20. The van der Waals surface area contributed by atoms with Gasteiger partial charge in [0.25, 0.3) is 0 Å². The lowest BCUT2D eigenvalue weighted by Gasteiger charge is -2.29. The van der Waals surface area contributed by atoms with Gasteiger partial charge < -0.3 is 15.0 Å². The minimum absolute atomic E-state index is 0.0436. The number of nitrogens with one attached hydrogen (secondary N) is 1. The Morgan fingerprint density at radius 2 is 1.70 bits per heavy atom. The summed E-state index contributed by atoms with van der Waals surface area (Å²) in [6, 6.07) is 12.0. The molecule has 7 heteroatoms. The number of carbonyl (C=O) groups is 1. The van der Waals surface area contributed by atoms with Crippen molar-refractivity contribution in [1.82, 2.24) is 9.97 Å². The number of thioether (sulfide) groups is 1. The second-order valence-corrected chi connectivity index (χ2v) is 8.52. The van der Waals surface area contributed by atoms with Gasteiger partial charge in [-0.3, -0.25) is 4.79 Å². The summed E-state index contributed by atoms with van der Waals surface area (Å²) in [5.41, 5.74) is 5.93. The highest BCUT2D eigenvalue weighted by Crippen LogP contribution is 2.30. The van der Waals surface area contributed by atoms with Gasteiger partial charge in [0.15, 0.2) is 5.82 Å². The van der Waals surface area contributed by atoms with Crippen LogP contribution in [0.3, 0.4) is 0 Å². The van der Waals surface area contributed by atoms with E-state index in [0.29, 0.717) is 13.2 Å². The maximum atomic E-state index is 12.7. The number of carbonyl (C=O) groups excluding carboxylic acids is 1. The van der Waals surface area contributed by atoms with Crippen molar-refractivity contribution >= 4 is 40.2 Å². The number of ether oxygens (including phenoxy) is 1. The summed E-state index contributed by atoms with van der Waals surface area (Å²) >= 11 is 1.43. The van der Waals surface area contributed by atoms with Gasteiger partial charge in [0, 0.05) is 18.8 Å². The molecule has 0 unspecified atom stereocenters. The van der Waals surface area contributed by atoms with E-state index in [1.165, 1.54) is 17.3 Å². The Hall–Kier alpha value is -2.64. The van der Waals surface area contributed by atoms with Gasteiger partial charge in [-0.25, -0.2) is 9.97 Å². The fourth-order valence-electron chi connectivity index (χ4n) is 3.74. The van der Waals surface area contributed by atoms with Crippen LogP contribution in [0.15, 0.2) is 41.4 Å². The summed E-state index contributed by atoms with van der Waals surface area (Å²) in [5.74, 6) is 1.06. The number of anilines is 2. The van der Waals surface area contributed by atoms with Gasteiger partial charge in [-0.15, -0.1) is 0 Å². The zero-order chi connectivity index (χ0) is 21.1. The Morgan fingerprint density at radius 1 is 1.07 bits per heavy atom. The molecule has 3 aromatic rings. The summed E-state index contributed by atoms with van der Waals surface area (Å²) < 4.78 is 5.48. The number of nitrogens with zero attached hydrogens (tertiary/aromatic N) is 3. The van der Waals surface area contributed by atoms with E-state index in [-0.39, 0.29) is 11.7 Å². The van der Waals surface area contributed by atoms with Gasteiger partial charge in [-0.05, 0) is 44.0 Å². The normalized spacial score (nSPS) is 14.2. The molecule has 1 amide bonds. The van der Waals surface area contributed by atoms with Crippen molar-refractivity contribution in [3.63, 3.8) is 0 Å². The third-order valence-electron chi connectivity index (χ3n) is 5.11. The number of para-hydroxylation sites is 2. The number of fused-ring (bicyclic) bond motifs is 1. The van der Waals surface area contributed by atoms with E-state index in [0.717, 1.165) is 51.8 Å². The van der Waals surface area contributed by atoms with Gasteiger partial charge in [-0.2, -0.15) is 0 Å². The highest BCUT2D eigenvalue weighted by Gasteiger charge is 2.20. The van der Waals surface area contributed by atoms with Crippen LogP contribution in [0.1, 0.15) is 16.7 Å². The zero-order valence-corrected chi connectivity index (χ0v) is 18.4. The molecule has 1 aliphatic heterocycles. The number of morpholine rings is 1. The molecule has 0 radical (unpaired) electrons. The Balaban J connectivity index is 1.54. The SMILES string of the molecule is Cc1cc(C)c(NC(=O)CSc2nc3ccccc3nc2N2CCOCC2)c(C)c1. The number of benzene rings is 2. The first-order valence-corrected chi connectivity index (χ1v) is 11.1. The molecule has 1 aromatic heterocycles. The largest absolute Gasteiger partial charge is 0.378 e. The van der Waals surface area contributed by atoms with Gasteiger partial charge in [0.05, 0.1) is 30.0 Å². The van der Waals surface area contributed by atoms with Crippen LogP contribution in [0, 0.1) is 20.8 Å². The molecule has 4 rings (SSSR count). The highest BCUT2D eigenvalue weighted by molar-refractivity contribution is 8.00. The summed E-state index contributed by atoms with van der Waals surface area (Å²) in [6.45, 7) is 8.99. The van der Waals surface area contributed by atoms with Crippen LogP contribution in [0.2, 0.25) is 0 Å². The van der Waals surface area contributed by atoms with Crippen LogP contribution >= 0.6 is 11.8 Å². The second kappa shape index (κ2) is 9.02. The van der Waals surface area contributed by atoms with E-state index in [9.17, 15) is 4.79 Å². The van der Waals surface area contributed by atoms with Crippen molar-refractivity contribution in [2.45, 2.75) is 25.8 Å². The van der Waals surface area contributed by atoms with E-state index in [1.54, 1.807) is 0 Å². The molecular formula is C23H26N4O2S. The number of hydrogen-bond donors (Lipinski definition) is 1. The molecule has 30 heavy (non-hydrogen) atoms. The summed E-state index contributed by atoms with van der Waals surface area (Å²) in [4.78, 5) is 24.6. The summed E-state index contributed by atoms with van der Waals surface area (Å²) in [6.07, 6.45) is 0. The zero-order valence-electron chi connectivity index (χ0n) is 17.6. The minimum atomic E-state index is -0.0436. The van der Waals surface area contributed by atoms with Crippen LogP contribution in [0.4, 0.5) is 11.5 Å². The molecule has 6 nitrogen and oxygen atoms in total. The van der Waals surface area contributed by atoms with Crippen LogP contribution in [-0.4, -0.2) is 47.9 Å². The average molecular weight is 423 g/mol. The molecule has 1 saturated heterocycles. The number of aromatic nitrogens is 2. The van der Waals surface area contributed by atoms with Gasteiger partial charge in [-0.1, -0.05) is 41.6 Å². The Labute approximate surface area is 181 Å². The monoisotopic (exact) mass is 422 g/mol. The molecule has 2 aromatic carbocycles. The molecule has 0 saturated carbocycles. The van der Waals surface area contributed by atoms with Crippen molar-refractivity contribution in [2.75, 3.05) is 42.3 Å². The summed E-state index contributed by atoms with van der Waals surface area (Å²) in [5, 5.41) is 3.85. The standard InChI is InChI=1S/C23H26N4O2S/c1-15-12-16(2)21(17(3)13-15)26-20(28)14-30-23-22(27-8-10-29-11-9-27)24-18-6-4-5-7-19(18)25-23/h4-7,12-13H,8-11,14H2,1-3H3,(H,26,28). The van der Waals surface area contributed by atoms with Crippen molar-refractivity contribution < 1.29 is 9.53 Å². The second-order valence-electron chi connectivity index (χ2n) is 7.55. The van der Waals surface area contributed by atoms with Crippen molar-refractivity contribution in [3.05, 3.63) is 53.1 Å². The predicted molar refractivity (Wildman–Crippen MR) is 123 cm³/mol. The first kappa shape index (κ1) is 20.6. The highest BCUT2D eigenvalue weighted by atomic mass is 32.2. The van der Waals surface area contributed by atoms with Gasteiger partial charge in [0.2, 0.25) is 5.91 Å². The van der Waals surface area contributed by atoms with Crippen LogP contribution in [0.5, 0.6) is 0 Å². The van der Waals surface area contributed by atoms with Gasteiger partial charge >= 0.3 is 0 Å². The Morgan fingerprint density at radius 3 is 2.37 bits per heavy atom. The smallest absolute Gasteiger partial charge is 0.234 e. The molecule has 1 N–H and O–H groups in total. The number of hydrogen-bond acceptors (Lipinski definition) is 6. The third-order valence-corrected chi connectivity index (χ3v) is 6.07. The molecule has 0 spiro atoms. The maximum absolute atomic E-state index is 12.7. The first-order valence-electron chi connectivity index (χ1n) is 10.1. The van der Waals surface area contributed by atoms with E-state index in [2.05, 4.69) is 29.3 Å². The third kappa shape index (κ3) is 4.57. The fourth-order valence-corrected chi connectivity index (χ4v) is 4.55. The van der Waals surface area contributed by atoms with E-state index in [1.807, 2.05) is 38.1 Å². The van der Waals surface area contributed by atoms with Crippen molar-refractivity contribution in [1.29, 1.82) is 0 Å². The molecule has 1 fully saturated rings. The minimum Gasteiger partial charge on any atom is -0.378 e. The molecule has 0 aliphatic carbocycles. The van der Waals surface area contributed by atoms with E-state index < -0.39 is 0 Å². The summed E-state index contributed by atoms with van der Waals surface area (Å²) in [7, 11) is 0. The van der Waals surface area contributed by atoms with Crippen molar-refractivity contribution in [2.24, 2.45) is 0 Å². The Bertz CT molecular complexity index is 1060. The van der Waals surface area contributed by atoms with Gasteiger partial charge in [0.1, 0.15) is 5.03 Å². The number of amides is 1. The lowest BCUT2D eigenvalue weighted by Crippen LogP contribution is -2.37. The molecule has 0 atom stereocenters. The first-order chi connectivity index (χ1) is 14.5. The number of aryl methyl sites for hydroxylation is 3. The molecule has 0 bridgehead atoms. The molecule has 156 valence electrons. The van der Waals surface area contributed by atoms with Crippen LogP contribution < -0.4 is 10.2 Å². The van der Waals surface area contributed by atoms with E-state index in [4.69, 9.17) is 14.7 Å². The average Bonchev–Trinajstić information content (AvgIpc) is 2.74. The molecule has 1 aliphatic rings. The molecule has 2 heterocycles. The molecular weight excluding hydrogens is 396 g/mol.